The molecule has 0 spiro atoms. The molecule has 0 aromatic heterocycles. The molecule has 0 aliphatic carbocycles. The van der Waals surface area contributed by atoms with Crippen LogP contribution in [0.1, 0.15) is 0 Å². The van der Waals surface area contributed by atoms with E-state index in [-0.39, 0.29) is 8.16 Å². The van der Waals surface area contributed by atoms with Crippen molar-refractivity contribution < 1.29 is 4.52 Å². The fraction of sp³-hybridized carbons (Fsp3) is 0. The van der Waals surface area contributed by atoms with Gasteiger partial charge in [-0.3, -0.25) is 0 Å². The van der Waals surface area contributed by atoms with E-state index in [2.05, 4.69) is 15.9 Å². The van der Waals surface area contributed by atoms with Gasteiger partial charge in [0.2, 0.25) is 0 Å². The van der Waals surface area contributed by atoms with Gasteiger partial charge >= 0.3 is 0 Å². The topological polar surface area (TPSA) is 9.23 Å². The van der Waals surface area contributed by atoms with Crippen molar-refractivity contribution in [1.82, 2.24) is 0 Å². The second-order valence-electron chi connectivity index (χ2n) is 3.16. The van der Waals surface area contributed by atoms with Gasteiger partial charge in [0.25, 0.3) is 0 Å². The molecule has 0 bridgehead atoms. The van der Waals surface area contributed by atoms with E-state index < -0.39 is 0 Å². The van der Waals surface area contributed by atoms with Gasteiger partial charge in [0.15, 0.2) is 8.16 Å². The molecule has 1 atom stereocenters. The Bertz CT molecular complexity index is 476. The average molecular weight is 316 g/mol. The number of hydrogen-bond acceptors (Lipinski definition) is 1. The first-order chi connectivity index (χ1) is 7.83. The van der Waals surface area contributed by atoms with Crippen molar-refractivity contribution in [1.29, 1.82) is 0 Å². The molecule has 0 saturated heterocycles. The molecule has 2 aromatic rings. The second-order valence-corrected chi connectivity index (χ2v) is 4.84. The molecular weight excluding hydrogens is 306 g/mol. The summed E-state index contributed by atoms with van der Waals surface area (Å²) < 4.78 is 6.39. The van der Waals surface area contributed by atoms with Gasteiger partial charge in [-0.2, -0.15) is 0 Å². The van der Waals surface area contributed by atoms with E-state index in [9.17, 15) is 0 Å². The largest absolute Gasteiger partial charge is 0.459 e. The van der Waals surface area contributed by atoms with Gasteiger partial charge in [0, 0.05) is 5.56 Å². The molecule has 1 unspecified atom stereocenters. The number of rotatable bonds is 3. The molecule has 2 aromatic carbocycles. The third kappa shape index (κ3) is 2.57. The van der Waals surface area contributed by atoms with Gasteiger partial charge in [-0.05, 0) is 27.6 Å². The summed E-state index contributed by atoms with van der Waals surface area (Å²) in [5, 5.41) is 0. The van der Waals surface area contributed by atoms with Crippen molar-refractivity contribution in [2.45, 2.75) is 0 Å². The van der Waals surface area contributed by atoms with Gasteiger partial charge in [0.1, 0.15) is 5.75 Å². The second kappa shape index (κ2) is 5.67. The Kier molecular flexibility index (Phi) is 4.22. The third-order valence-corrected chi connectivity index (χ3v) is 3.33. The first-order valence-electron chi connectivity index (χ1n) is 4.69. The van der Waals surface area contributed by atoms with Crippen LogP contribution in [-0.2, 0) is 0 Å². The van der Waals surface area contributed by atoms with Crippen molar-refractivity contribution in [2.75, 3.05) is 0 Å². The van der Waals surface area contributed by atoms with Crippen molar-refractivity contribution in [3.63, 3.8) is 0 Å². The van der Waals surface area contributed by atoms with Crippen LogP contribution in [0.4, 0.5) is 0 Å². The van der Waals surface area contributed by atoms with Crippen LogP contribution in [-0.4, -0.2) is 0 Å². The zero-order valence-corrected chi connectivity index (χ0v) is 11.6. The molecule has 4 heteroatoms. The molecule has 0 saturated carbocycles. The van der Waals surface area contributed by atoms with Crippen molar-refractivity contribution in [3.05, 3.63) is 53.0 Å². The quantitative estimate of drug-likeness (QED) is 0.704. The van der Waals surface area contributed by atoms with E-state index in [1.807, 2.05) is 48.5 Å². The van der Waals surface area contributed by atoms with Crippen LogP contribution in [0.3, 0.4) is 0 Å². The summed E-state index contributed by atoms with van der Waals surface area (Å²) in [5.74, 6) is 0.794. The highest BCUT2D eigenvalue weighted by Crippen LogP contribution is 2.40. The summed E-state index contributed by atoms with van der Waals surface area (Å²) in [6.07, 6.45) is 0. The zero-order valence-electron chi connectivity index (χ0n) is 8.28. The maximum Gasteiger partial charge on any atom is 0.168 e. The molecule has 0 aliphatic rings. The minimum atomic E-state index is -0.0849. The Morgan fingerprint density at radius 2 is 1.75 bits per heavy atom. The highest BCUT2D eigenvalue weighted by atomic mass is 79.9. The Hall–Kier alpha value is -0.560. The number of para-hydroxylation sites is 1. The van der Waals surface area contributed by atoms with Crippen molar-refractivity contribution in [3.8, 4) is 16.9 Å². The minimum absolute atomic E-state index is 0.0849. The molecule has 16 heavy (non-hydrogen) atoms. The smallest absolute Gasteiger partial charge is 0.168 e. The van der Waals surface area contributed by atoms with Crippen LogP contribution in [0, 0.1) is 0 Å². The summed E-state index contributed by atoms with van der Waals surface area (Å²) in [7, 11) is -0.0849. The summed E-state index contributed by atoms with van der Waals surface area (Å²) in [5.41, 5.74) is 2.16. The van der Waals surface area contributed by atoms with Gasteiger partial charge < -0.3 is 4.52 Å². The maximum absolute atomic E-state index is 5.65. The highest BCUT2D eigenvalue weighted by Gasteiger charge is 2.09. The van der Waals surface area contributed by atoms with Crippen molar-refractivity contribution in [2.24, 2.45) is 0 Å². The van der Waals surface area contributed by atoms with Crippen LogP contribution >= 0.6 is 35.3 Å². The highest BCUT2D eigenvalue weighted by molar-refractivity contribution is 9.10. The van der Waals surface area contributed by atoms with E-state index in [1.54, 1.807) is 0 Å². The van der Waals surface area contributed by atoms with Gasteiger partial charge in [-0.25, -0.2) is 0 Å². The molecule has 1 nitrogen and oxygen atoms in total. The molecule has 0 radical (unpaired) electrons. The van der Waals surface area contributed by atoms with E-state index in [0.29, 0.717) is 0 Å². The van der Waals surface area contributed by atoms with E-state index >= 15 is 0 Å². The van der Waals surface area contributed by atoms with Crippen LogP contribution in [0.25, 0.3) is 11.1 Å². The lowest BCUT2D eigenvalue weighted by Gasteiger charge is -2.10. The van der Waals surface area contributed by atoms with Crippen molar-refractivity contribution >= 4 is 35.3 Å². The zero-order chi connectivity index (χ0) is 11.4. The summed E-state index contributed by atoms with van der Waals surface area (Å²) in [4.78, 5) is 0. The molecule has 2 rings (SSSR count). The van der Waals surface area contributed by atoms with E-state index in [1.165, 1.54) is 0 Å². The van der Waals surface area contributed by atoms with Gasteiger partial charge in [-0.15, -0.1) is 0 Å². The minimum Gasteiger partial charge on any atom is -0.459 e. The Morgan fingerprint density at radius 1 is 1.00 bits per heavy atom. The predicted octanol–water partition coefficient (Wildman–Crippen LogP) is 5.24. The summed E-state index contributed by atoms with van der Waals surface area (Å²) in [6.45, 7) is 0. The molecule has 0 fully saturated rings. The first kappa shape index (κ1) is 11.9. The lowest BCUT2D eigenvalue weighted by Crippen LogP contribution is -1.85. The van der Waals surface area contributed by atoms with Gasteiger partial charge in [0.05, 0.1) is 4.47 Å². The third-order valence-electron chi connectivity index (χ3n) is 2.19. The maximum atomic E-state index is 5.65. The summed E-state index contributed by atoms with van der Waals surface area (Å²) in [6, 6.07) is 16.0. The molecule has 0 aliphatic heterocycles. The predicted molar refractivity (Wildman–Crippen MR) is 74.4 cm³/mol. The SMILES string of the molecule is ClPOc1c(Br)cccc1-c1ccccc1. The fourth-order valence-electron chi connectivity index (χ4n) is 1.50. The van der Waals surface area contributed by atoms with E-state index in [0.717, 1.165) is 21.3 Å². The number of benzene rings is 2. The van der Waals surface area contributed by atoms with Crippen LogP contribution in [0.2, 0.25) is 0 Å². The molecule has 82 valence electrons. The number of halogens is 2. The lowest BCUT2D eigenvalue weighted by atomic mass is 10.1. The fourth-order valence-corrected chi connectivity index (χ4v) is 2.62. The van der Waals surface area contributed by atoms with Crippen LogP contribution in [0.5, 0.6) is 5.75 Å². The van der Waals surface area contributed by atoms with E-state index in [4.69, 9.17) is 15.8 Å². The Morgan fingerprint density at radius 3 is 2.44 bits per heavy atom. The normalized spacial score (nSPS) is 10.9. The number of hydrogen-bond donors (Lipinski definition) is 0. The monoisotopic (exact) mass is 314 g/mol. The molecule has 0 amide bonds. The molecule has 0 heterocycles. The molecular formula is C12H9BrClOP. The van der Waals surface area contributed by atoms with Crippen LogP contribution in [0.15, 0.2) is 53.0 Å². The molecule has 0 N–H and O–H groups in total. The lowest BCUT2D eigenvalue weighted by molar-refractivity contribution is 0.640. The first-order valence-corrected chi connectivity index (χ1v) is 7.40. The van der Waals surface area contributed by atoms with Crippen LogP contribution < -0.4 is 4.52 Å². The van der Waals surface area contributed by atoms with Gasteiger partial charge in [-0.1, -0.05) is 53.7 Å². The summed E-state index contributed by atoms with van der Waals surface area (Å²) >= 11 is 9.12. The standard InChI is InChI=1S/C12H9BrClOP/c13-11-8-4-7-10(12(11)15-16-14)9-5-2-1-3-6-9/h1-8,16H. The Balaban J connectivity index is 2.52. The Labute approximate surface area is 110 Å². The average Bonchev–Trinajstić information content (AvgIpc) is 2.33.